The number of nitrogens with zero attached hydrogens (tertiary/aromatic N) is 2. The average molecular weight is 339 g/mol. The second-order valence-electron chi connectivity index (χ2n) is 6.01. The van der Waals surface area contributed by atoms with Gasteiger partial charge in [-0.2, -0.15) is 0 Å². The number of rotatable bonds is 4. The Bertz CT molecular complexity index is 903. The predicted molar refractivity (Wildman–Crippen MR) is 95.1 cm³/mol. The Morgan fingerprint density at radius 3 is 2.75 bits per heavy atom. The molecule has 122 valence electrons. The van der Waals surface area contributed by atoms with Crippen LogP contribution in [-0.4, -0.2) is 21.0 Å². The van der Waals surface area contributed by atoms with E-state index in [4.69, 9.17) is 5.11 Å². The summed E-state index contributed by atoms with van der Waals surface area (Å²) in [5.41, 5.74) is 3.08. The molecule has 0 bridgehead atoms. The van der Waals surface area contributed by atoms with Crippen molar-refractivity contribution in [3.05, 3.63) is 46.6 Å². The normalized spacial score (nSPS) is 13.7. The number of anilines is 2. The lowest BCUT2D eigenvalue weighted by molar-refractivity contribution is -0.136. The minimum Gasteiger partial charge on any atom is -0.481 e. The van der Waals surface area contributed by atoms with Crippen molar-refractivity contribution in [1.82, 2.24) is 9.97 Å². The SMILES string of the molecule is O=C(O)Cc1ccc(Nc2ncnc3sc4c(c23)CCCC4)cc1. The molecule has 0 saturated carbocycles. The van der Waals surface area contributed by atoms with Gasteiger partial charge in [0.1, 0.15) is 17.0 Å². The number of hydrogen-bond donors (Lipinski definition) is 2. The number of thiophene rings is 1. The number of nitrogens with one attached hydrogen (secondary N) is 1. The summed E-state index contributed by atoms with van der Waals surface area (Å²) in [7, 11) is 0. The summed E-state index contributed by atoms with van der Waals surface area (Å²) in [6.45, 7) is 0. The van der Waals surface area contributed by atoms with Crippen LogP contribution in [0.15, 0.2) is 30.6 Å². The first-order valence-corrected chi connectivity index (χ1v) is 8.85. The number of carbonyl (C=O) groups is 1. The highest BCUT2D eigenvalue weighted by molar-refractivity contribution is 7.19. The minimum atomic E-state index is -0.821. The van der Waals surface area contributed by atoms with E-state index in [-0.39, 0.29) is 6.42 Å². The maximum atomic E-state index is 10.8. The minimum absolute atomic E-state index is 0.0378. The molecule has 2 aromatic heterocycles. The highest BCUT2D eigenvalue weighted by Crippen LogP contribution is 2.38. The number of carboxylic acids is 1. The number of fused-ring (bicyclic) bond motifs is 3. The lowest BCUT2D eigenvalue weighted by Crippen LogP contribution is -2.02. The molecule has 0 fully saturated rings. The highest BCUT2D eigenvalue weighted by atomic mass is 32.1. The zero-order valence-corrected chi connectivity index (χ0v) is 13.9. The van der Waals surface area contributed by atoms with Gasteiger partial charge in [-0.15, -0.1) is 11.3 Å². The van der Waals surface area contributed by atoms with Gasteiger partial charge in [-0.1, -0.05) is 12.1 Å². The molecule has 0 radical (unpaired) electrons. The van der Waals surface area contributed by atoms with E-state index in [2.05, 4.69) is 15.3 Å². The van der Waals surface area contributed by atoms with Gasteiger partial charge < -0.3 is 10.4 Å². The van der Waals surface area contributed by atoms with Crippen LogP contribution in [0, 0.1) is 0 Å². The second kappa shape index (κ2) is 6.20. The van der Waals surface area contributed by atoms with E-state index in [0.717, 1.165) is 40.1 Å². The number of benzene rings is 1. The van der Waals surface area contributed by atoms with Crippen LogP contribution in [-0.2, 0) is 24.1 Å². The van der Waals surface area contributed by atoms with Crippen molar-refractivity contribution in [1.29, 1.82) is 0 Å². The molecule has 24 heavy (non-hydrogen) atoms. The molecule has 6 heteroatoms. The van der Waals surface area contributed by atoms with E-state index >= 15 is 0 Å². The molecule has 2 heterocycles. The van der Waals surface area contributed by atoms with Crippen molar-refractivity contribution in [2.45, 2.75) is 32.1 Å². The number of hydrogen-bond acceptors (Lipinski definition) is 5. The second-order valence-corrected chi connectivity index (χ2v) is 7.09. The fourth-order valence-electron chi connectivity index (χ4n) is 3.20. The molecule has 0 spiro atoms. The van der Waals surface area contributed by atoms with Crippen LogP contribution in [0.5, 0.6) is 0 Å². The standard InChI is InChI=1S/C18H17N3O2S/c22-15(23)9-11-5-7-12(8-6-11)21-17-16-13-3-1-2-4-14(13)24-18(16)20-10-19-17/h5-8,10H,1-4,9H2,(H,22,23)(H,19,20,21). The Kier molecular flexibility index (Phi) is 3.90. The monoisotopic (exact) mass is 339 g/mol. The van der Waals surface area contributed by atoms with E-state index in [1.54, 1.807) is 17.7 Å². The molecule has 3 aromatic rings. The van der Waals surface area contributed by atoms with E-state index in [9.17, 15) is 4.79 Å². The van der Waals surface area contributed by atoms with E-state index in [0.29, 0.717) is 0 Å². The summed E-state index contributed by atoms with van der Waals surface area (Å²) >= 11 is 1.78. The van der Waals surface area contributed by atoms with Crippen molar-refractivity contribution in [3.63, 3.8) is 0 Å². The number of aromatic nitrogens is 2. The molecule has 1 aromatic carbocycles. The third kappa shape index (κ3) is 2.85. The Balaban J connectivity index is 1.67. The van der Waals surface area contributed by atoms with E-state index < -0.39 is 5.97 Å². The largest absolute Gasteiger partial charge is 0.481 e. The smallest absolute Gasteiger partial charge is 0.307 e. The Morgan fingerprint density at radius 2 is 1.96 bits per heavy atom. The average Bonchev–Trinajstić information content (AvgIpc) is 2.96. The third-order valence-corrected chi connectivity index (χ3v) is 5.52. The first kappa shape index (κ1) is 15.1. The Morgan fingerprint density at radius 1 is 1.17 bits per heavy atom. The lowest BCUT2D eigenvalue weighted by Gasteiger charge is -2.12. The van der Waals surface area contributed by atoms with E-state index in [1.807, 2.05) is 24.3 Å². The number of aryl methyl sites for hydroxylation is 2. The van der Waals surface area contributed by atoms with Crippen molar-refractivity contribution >= 4 is 39.0 Å². The topological polar surface area (TPSA) is 75.1 Å². The fourth-order valence-corrected chi connectivity index (χ4v) is 4.43. The number of aliphatic carboxylic acids is 1. The molecule has 0 amide bonds. The van der Waals surface area contributed by atoms with E-state index in [1.165, 1.54) is 23.3 Å². The van der Waals surface area contributed by atoms with Crippen LogP contribution in [0.2, 0.25) is 0 Å². The van der Waals surface area contributed by atoms with Gasteiger partial charge in [-0.3, -0.25) is 4.79 Å². The van der Waals surface area contributed by atoms with Gasteiger partial charge >= 0.3 is 5.97 Å². The molecule has 0 atom stereocenters. The summed E-state index contributed by atoms with van der Waals surface area (Å²) in [6, 6.07) is 7.45. The highest BCUT2D eigenvalue weighted by Gasteiger charge is 2.19. The van der Waals surface area contributed by atoms with Crippen molar-refractivity contribution in [2.75, 3.05) is 5.32 Å². The zero-order valence-electron chi connectivity index (χ0n) is 13.1. The summed E-state index contributed by atoms with van der Waals surface area (Å²) < 4.78 is 0. The molecule has 1 aliphatic carbocycles. The van der Waals surface area contributed by atoms with Gasteiger partial charge in [0.25, 0.3) is 0 Å². The molecular weight excluding hydrogens is 322 g/mol. The van der Waals surface area contributed by atoms with Crippen LogP contribution in [0.1, 0.15) is 28.8 Å². The van der Waals surface area contributed by atoms with Gasteiger partial charge in [0, 0.05) is 10.6 Å². The summed E-state index contributed by atoms with van der Waals surface area (Å²) in [5, 5.41) is 13.4. The van der Waals surface area contributed by atoms with Gasteiger partial charge in [-0.05, 0) is 48.9 Å². The summed E-state index contributed by atoms with van der Waals surface area (Å²) in [6.07, 6.45) is 6.34. The van der Waals surface area contributed by atoms with Crippen LogP contribution in [0.25, 0.3) is 10.2 Å². The van der Waals surface area contributed by atoms with Crippen LogP contribution in [0.4, 0.5) is 11.5 Å². The summed E-state index contributed by atoms with van der Waals surface area (Å²) in [5.74, 6) is 0.0171. The first-order chi connectivity index (χ1) is 11.7. The maximum Gasteiger partial charge on any atom is 0.307 e. The molecular formula is C18H17N3O2S. The quantitative estimate of drug-likeness (QED) is 0.753. The van der Waals surface area contributed by atoms with Crippen molar-refractivity contribution in [2.24, 2.45) is 0 Å². The zero-order chi connectivity index (χ0) is 16.5. The van der Waals surface area contributed by atoms with Crippen molar-refractivity contribution in [3.8, 4) is 0 Å². The third-order valence-electron chi connectivity index (χ3n) is 4.32. The fraction of sp³-hybridized carbons (Fsp3) is 0.278. The molecule has 0 aliphatic heterocycles. The summed E-state index contributed by atoms with van der Waals surface area (Å²) in [4.78, 5) is 22.1. The molecule has 2 N–H and O–H groups in total. The van der Waals surface area contributed by atoms with Gasteiger partial charge in [-0.25, -0.2) is 9.97 Å². The molecule has 5 nitrogen and oxygen atoms in total. The maximum absolute atomic E-state index is 10.8. The predicted octanol–water partition coefficient (Wildman–Crippen LogP) is 3.94. The number of carboxylic acid groups (broad SMARTS) is 1. The Hall–Kier alpha value is -2.47. The van der Waals surface area contributed by atoms with Crippen LogP contribution < -0.4 is 5.32 Å². The lowest BCUT2D eigenvalue weighted by atomic mass is 9.97. The molecule has 0 saturated heterocycles. The van der Waals surface area contributed by atoms with Gasteiger partial charge in [0.2, 0.25) is 0 Å². The van der Waals surface area contributed by atoms with Crippen LogP contribution >= 0.6 is 11.3 Å². The first-order valence-electron chi connectivity index (χ1n) is 8.04. The van der Waals surface area contributed by atoms with Crippen LogP contribution in [0.3, 0.4) is 0 Å². The van der Waals surface area contributed by atoms with Gasteiger partial charge in [0.15, 0.2) is 0 Å². The molecule has 0 unspecified atom stereocenters. The molecule has 1 aliphatic rings. The van der Waals surface area contributed by atoms with Crippen molar-refractivity contribution < 1.29 is 9.90 Å². The molecule has 4 rings (SSSR count). The van der Waals surface area contributed by atoms with Gasteiger partial charge in [0.05, 0.1) is 11.8 Å². The Labute approximate surface area is 143 Å².